The molecule has 0 saturated carbocycles. The largest absolute Gasteiger partial charge is 0.481 e. The monoisotopic (exact) mass is 326 g/mol. The van der Waals surface area contributed by atoms with Gasteiger partial charge >= 0.3 is 12.0 Å². The minimum Gasteiger partial charge on any atom is -0.481 e. The quantitative estimate of drug-likeness (QED) is 0.831. The molecule has 2 aliphatic heterocycles. The zero-order valence-corrected chi connectivity index (χ0v) is 14.5. The van der Waals surface area contributed by atoms with E-state index in [0.717, 1.165) is 19.3 Å². The SMILES string of the molecule is CC(C)CC1CC(NC(=O)N2CC(C)CC(C(=O)O)C2)CCO1. The van der Waals surface area contributed by atoms with Crippen LogP contribution in [0.5, 0.6) is 0 Å². The van der Waals surface area contributed by atoms with Gasteiger partial charge < -0.3 is 20.1 Å². The molecule has 0 aromatic carbocycles. The molecule has 4 atom stereocenters. The van der Waals surface area contributed by atoms with Gasteiger partial charge in [-0.3, -0.25) is 4.79 Å². The summed E-state index contributed by atoms with van der Waals surface area (Å²) in [6.07, 6.45) is 3.53. The third kappa shape index (κ3) is 5.37. The lowest BCUT2D eigenvalue weighted by Gasteiger charge is -2.37. The summed E-state index contributed by atoms with van der Waals surface area (Å²) in [5.74, 6) is -0.460. The van der Waals surface area contributed by atoms with E-state index in [1.807, 2.05) is 6.92 Å². The average Bonchev–Trinajstić information content (AvgIpc) is 2.46. The average molecular weight is 326 g/mol. The Bertz CT molecular complexity index is 427. The molecule has 0 aromatic rings. The Balaban J connectivity index is 1.86. The molecule has 4 unspecified atom stereocenters. The molecule has 6 nitrogen and oxygen atoms in total. The predicted octanol–water partition coefficient (Wildman–Crippen LogP) is 2.33. The van der Waals surface area contributed by atoms with E-state index >= 15 is 0 Å². The smallest absolute Gasteiger partial charge is 0.317 e. The third-order valence-corrected chi connectivity index (χ3v) is 4.73. The molecule has 2 aliphatic rings. The summed E-state index contributed by atoms with van der Waals surface area (Å²) in [5.41, 5.74) is 0. The summed E-state index contributed by atoms with van der Waals surface area (Å²) in [5, 5.41) is 12.3. The maximum atomic E-state index is 12.5. The number of ether oxygens (including phenoxy) is 1. The fraction of sp³-hybridized carbons (Fsp3) is 0.882. The molecule has 0 spiro atoms. The third-order valence-electron chi connectivity index (χ3n) is 4.73. The molecule has 2 amide bonds. The van der Waals surface area contributed by atoms with E-state index in [1.54, 1.807) is 4.90 Å². The van der Waals surface area contributed by atoms with Crippen LogP contribution in [0.25, 0.3) is 0 Å². The number of rotatable bonds is 4. The van der Waals surface area contributed by atoms with E-state index < -0.39 is 11.9 Å². The standard InChI is InChI=1S/C17H30N2O4/c1-11(2)6-15-8-14(4-5-23-15)18-17(22)19-9-12(3)7-13(10-19)16(20)21/h11-15H,4-10H2,1-3H3,(H,18,22)(H,20,21). The van der Waals surface area contributed by atoms with Crippen molar-refractivity contribution in [1.82, 2.24) is 10.2 Å². The van der Waals surface area contributed by atoms with Gasteiger partial charge in [-0.05, 0) is 37.5 Å². The number of carboxylic acids is 1. The first-order chi connectivity index (χ1) is 10.8. The molecule has 132 valence electrons. The normalized spacial score (nSPS) is 31.9. The topological polar surface area (TPSA) is 78.9 Å². The van der Waals surface area contributed by atoms with Crippen molar-refractivity contribution < 1.29 is 19.4 Å². The second kappa shape index (κ2) is 7.99. The molecular weight excluding hydrogens is 296 g/mol. The highest BCUT2D eigenvalue weighted by Crippen LogP contribution is 2.23. The van der Waals surface area contributed by atoms with Crippen molar-refractivity contribution in [2.75, 3.05) is 19.7 Å². The molecule has 23 heavy (non-hydrogen) atoms. The zero-order valence-electron chi connectivity index (χ0n) is 14.5. The molecule has 2 heterocycles. The Morgan fingerprint density at radius 3 is 2.70 bits per heavy atom. The summed E-state index contributed by atoms with van der Waals surface area (Å²) < 4.78 is 5.77. The molecule has 0 aromatic heterocycles. The number of piperidine rings is 1. The summed E-state index contributed by atoms with van der Waals surface area (Å²) in [4.78, 5) is 25.4. The van der Waals surface area contributed by atoms with Gasteiger partial charge in [0.2, 0.25) is 0 Å². The number of nitrogens with one attached hydrogen (secondary N) is 1. The Morgan fingerprint density at radius 2 is 2.04 bits per heavy atom. The van der Waals surface area contributed by atoms with Crippen LogP contribution in [0.15, 0.2) is 0 Å². The van der Waals surface area contributed by atoms with E-state index in [1.165, 1.54) is 0 Å². The highest BCUT2D eigenvalue weighted by Gasteiger charge is 2.33. The molecule has 0 bridgehead atoms. The van der Waals surface area contributed by atoms with Gasteiger partial charge in [0.15, 0.2) is 0 Å². The summed E-state index contributed by atoms with van der Waals surface area (Å²) >= 11 is 0. The van der Waals surface area contributed by atoms with Gasteiger partial charge in [-0.1, -0.05) is 20.8 Å². The van der Waals surface area contributed by atoms with Crippen molar-refractivity contribution in [3.8, 4) is 0 Å². The van der Waals surface area contributed by atoms with Crippen molar-refractivity contribution in [1.29, 1.82) is 0 Å². The minimum absolute atomic E-state index is 0.125. The van der Waals surface area contributed by atoms with Crippen LogP contribution in [0.3, 0.4) is 0 Å². The van der Waals surface area contributed by atoms with Crippen molar-refractivity contribution in [2.45, 2.75) is 58.6 Å². The Hall–Kier alpha value is -1.30. The molecule has 2 rings (SSSR count). The lowest BCUT2D eigenvalue weighted by Crippen LogP contribution is -2.53. The van der Waals surface area contributed by atoms with Gasteiger partial charge in [0.25, 0.3) is 0 Å². The number of likely N-dealkylation sites (tertiary alicyclic amines) is 1. The van der Waals surface area contributed by atoms with Gasteiger partial charge in [0.1, 0.15) is 0 Å². The molecule has 0 radical (unpaired) electrons. The zero-order chi connectivity index (χ0) is 17.0. The van der Waals surface area contributed by atoms with Gasteiger partial charge in [-0.15, -0.1) is 0 Å². The van der Waals surface area contributed by atoms with E-state index in [0.29, 0.717) is 32.0 Å². The Labute approximate surface area is 138 Å². The summed E-state index contributed by atoms with van der Waals surface area (Å²) in [6.45, 7) is 7.97. The number of amides is 2. The maximum Gasteiger partial charge on any atom is 0.317 e. The van der Waals surface area contributed by atoms with Crippen LogP contribution < -0.4 is 5.32 Å². The van der Waals surface area contributed by atoms with Crippen LogP contribution in [0.1, 0.15) is 46.5 Å². The Morgan fingerprint density at radius 1 is 1.30 bits per heavy atom. The predicted molar refractivity (Wildman–Crippen MR) is 87.2 cm³/mol. The first-order valence-electron chi connectivity index (χ1n) is 8.75. The first-order valence-corrected chi connectivity index (χ1v) is 8.75. The molecule has 0 aliphatic carbocycles. The van der Waals surface area contributed by atoms with Crippen molar-refractivity contribution in [2.24, 2.45) is 17.8 Å². The Kier molecular flexibility index (Phi) is 6.27. The van der Waals surface area contributed by atoms with Crippen molar-refractivity contribution in [3.05, 3.63) is 0 Å². The molecule has 2 fully saturated rings. The van der Waals surface area contributed by atoms with Gasteiger partial charge in [-0.25, -0.2) is 4.79 Å². The second-order valence-electron chi connectivity index (χ2n) is 7.57. The lowest BCUT2D eigenvalue weighted by atomic mass is 9.90. The number of carboxylic acid groups (broad SMARTS) is 1. The number of nitrogens with zero attached hydrogens (tertiary/aromatic N) is 1. The molecule has 2 N–H and O–H groups in total. The fourth-order valence-corrected chi connectivity index (χ4v) is 3.66. The van der Waals surface area contributed by atoms with Crippen LogP contribution in [0.2, 0.25) is 0 Å². The number of carbonyl (C=O) groups is 2. The first kappa shape index (κ1) is 18.0. The van der Waals surface area contributed by atoms with Crippen LogP contribution in [-0.2, 0) is 9.53 Å². The van der Waals surface area contributed by atoms with Crippen LogP contribution in [0.4, 0.5) is 4.79 Å². The number of hydrogen-bond acceptors (Lipinski definition) is 3. The molecular formula is C17H30N2O4. The summed E-state index contributed by atoms with van der Waals surface area (Å²) in [6, 6.07) is -0.00138. The minimum atomic E-state index is -0.808. The second-order valence-corrected chi connectivity index (χ2v) is 7.57. The lowest BCUT2D eigenvalue weighted by molar-refractivity contribution is -0.143. The van der Waals surface area contributed by atoms with Crippen molar-refractivity contribution >= 4 is 12.0 Å². The van der Waals surface area contributed by atoms with Crippen molar-refractivity contribution in [3.63, 3.8) is 0 Å². The van der Waals surface area contributed by atoms with E-state index in [9.17, 15) is 14.7 Å². The van der Waals surface area contributed by atoms with Gasteiger partial charge in [0.05, 0.1) is 12.0 Å². The maximum absolute atomic E-state index is 12.5. The van der Waals surface area contributed by atoms with E-state index in [-0.39, 0.29) is 24.1 Å². The highest BCUT2D eigenvalue weighted by atomic mass is 16.5. The highest BCUT2D eigenvalue weighted by molar-refractivity contribution is 5.76. The van der Waals surface area contributed by atoms with Crippen LogP contribution in [0, 0.1) is 17.8 Å². The number of aliphatic carboxylic acids is 1. The molecule has 2 saturated heterocycles. The number of carbonyl (C=O) groups excluding carboxylic acids is 1. The van der Waals surface area contributed by atoms with Gasteiger partial charge in [-0.2, -0.15) is 0 Å². The number of hydrogen-bond donors (Lipinski definition) is 2. The number of urea groups is 1. The van der Waals surface area contributed by atoms with Crippen LogP contribution >= 0.6 is 0 Å². The van der Waals surface area contributed by atoms with E-state index in [4.69, 9.17) is 4.74 Å². The molecule has 6 heteroatoms. The van der Waals surface area contributed by atoms with Crippen LogP contribution in [-0.4, -0.2) is 53.8 Å². The fourth-order valence-electron chi connectivity index (χ4n) is 3.66. The van der Waals surface area contributed by atoms with E-state index in [2.05, 4.69) is 19.2 Å². The van der Waals surface area contributed by atoms with Gasteiger partial charge in [0, 0.05) is 25.7 Å². The summed E-state index contributed by atoms with van der Waals surface area (Å²) in [7, 11) is 0.